The van der Waals surface area contributed by atoms with Crippen LogP contribution < -0.4 is 16.0 Å². The molecule has 1 aliphatic rings. The van der Waals surface area contributed by atoms with Crippen molar-refractivity contribution in [2.75, 3.05) is 26.2 Å². The molecule has 94 valence electrons. The van der Waals surface area contributed by atoms with Crippen LogP contribution in [0, 0.1) is 0 Å². The van der Waals surface area contributed by atoms with Crippen molar-refractivity contribution in [3.8, 4) is 0 Å². The van der Waals surface area contributed by atoms with Crippen LogP contribution in [0.1, 0.15) is 27.2 Å². The third-order valence-corrected chi connectivity index (χ3v) is 2.30. The zero-order chi connectivity index (χ0) is 12.0. The molecule has 0 saturated carbocycles. The first-order valence-corrected chi connectivity index (χ1v) is 5.88. The Kier molecular flexibility index (Phi) is 5.02. The molecule has 1 saturated heterocycles. The summed E-state index contributed by atoms with van der Waals surface area (Å²) in [5.41, 5.74) is -0.428. The normalized spacial score (nSPS) is 22.3. The number of amides is 1. The first-order valence-electron chi connectivity index (χ1n) is 5.88. The third-order valence-electron chi connectivity index (χ3n) is 2.30. The molecule has 5 heteroatoms. The van der Waals surface area contributed by atoms with Crippen molar-refractivity contribution < 1.29 is 9.53 Å². The molecule has 1 heterocycles. The van der Waals surface area contributed by atoms with Crippen molar-refractivity contribution in [3.05, 3.63) is 0 Å². The molecule has 0 spiro atoms. The second kappa shape index (κ2) is 6.06. The molecule has 1 atom stereocenters. The molecule has 0 aliphatic carbocycles. The largest absolute Gasteiger partial charge is 0.444 e. The first-order chi connectivity index (χ1) is 7.47. The summed E-state index contributed by atoms with van der Waals surface area (Å²) in [5, 5.41) is 9.45. The number of carbonyl (C=O) groups is 1. The Morgan fingerprint density at radius 1 is 1.38 bits per heavy atom. The maximum absolute atomic E-state index is 11.4. The Balaban J connectivity index is 2.20. The lowest BCUT2D eigenvalue weighted by Gasteiger charge is -2.21. The molecule has 1 amide bonds. The molecule has 5 nitrogen and oxygen atoms in total. The van der Waals surface area contributed by atoms with Gasteiger partial charge in [0.05, 0.1) is 0 Å². The highest BCUT2D eigenvalue weighted by Gasteiger charge is 2.17. The van der Waals surface area contributed by atoms with E-state index >= 15 is 0 Å². The summed E-state index contributed by atoms with van der Waals surface area (Å²) >= 11 is 0. The van der Waals surface area contributed by atoms with Gasteiger partial charge < -0.3 is 20.7 Å². The highest BCUT2D eigenvalue weighted by atomic mass is 16.6. The number of ether oxygens (including phenoxy) is 1. The van der Waals surface area contributed by atoms with Gasteiger partial charge in [0.1, 0.15) is 5.60 Å². The molecular formula is C11H23N3O2. The fraction of sp³-hybridized carbons (Fsp3) is 0.909. The maximum atomic E-state index is 11.4. The molecule has 1 rings (SSSR count). The Morgan fingerprint density at radius 2 is 2.12 bits per heavy atom. The zero-order valence-corrected chi connectivity index (χ0v) is 10.4. The van der Waals surface area contributed by atoms with E-state index in [1.807, 2.05) is 20.8 Å². The summed E-state index contributed by atoms with van der Waals surface area (Å²) < 4.78 is 5.17. The van der Waals surface area contributed by atoms with E-state index in [1.165, 1.54) is 0 Å². The molecule has 0 aromatic carbocycles. The minimum atomic E-state index is -0.428. The second-order valence-electron chi connectivity index (χ2n) is 5.07. The second-order valence-corrected chi connectivity index (χ2v) is 5.07. The molecule has 0 radical (unpaired) electrons. The van der Waals surface area contributed by atoms with Crippen LogP contribution in [-0.2, 0) is 4.74 Å². The van der Waals surface area contributed by atoms with Gasteiger partial charge in [0.15, 0.2) is 0 Å². The summed E-state index contributed by atoms with van der Waals surface area (Å²) in [4.78, 5) is 11.4. The van der Waals surface area contributed by atoms with Crippen molar-refractivity contribution >= 4 is 6.09 Å². The van der Waals surface area contributed by atoms with Crippen LogP contribution >= 0.6 is 0 Å². The van der Waals surface area contributed by atoms with Gasteiger partial charge in [-0.25, -0.2) is 4.79 Å². The molecular weight excluding hydrogens is 206 g/mol. The number of rotatable bonds is 2. The molecule has 3 N–H and O–H groups in total. The lowest BCUT2D eigenvalue weighted by molar-refractivity contribution is 0.0522. The van der Waals surface area contributed by atoms with Crippen LogP contribution in [0.25, 0.3) is 0 Å². The smallest absolute Gasteiger partial charge is 0.407 e. The summed E-state index contributed by atoms with van der Waals surface area (Å²) in [5.74, 6) is 0. The van der Waals surface area contributed by atoms with Gasteiger partial charge in [-0.05, 0) is 33.7 Å². The molecule has 1 aliphatic heterocycles. The summed E-state index contributed by atoms with van der Waals surface area (Å²) in [6, 6.07) is 0.336. The highest BCUT2D eigenvalue weighted by Crippen LogP contribution is 2.06. The van der Waals surface area contributed by atoms with Crippen LogP contribution in [0.4, 0.5) is 4.79 Å². The van der Waals surface area contributed by atoms with Gasteiger partial charge in [-0.15, -0.1) is 0 Å². The van der Waals surface area contributed by atoms with E-state index < -0.39 is 5.60 Å². The van der Waals surface area contributed by atoms with Gasteiger partial charge in [0.2, 0.25) is 0 Å². The van der Waals surface area contributed by atoms with E-state index in [9.17, 15) is 4.79 Å². The van der Waals surface area contributed by atoms with Gasteiger partial charge in [0.25, 0.3) is 0 Å². The Morgan fingerprint density at radius 3 is 2.81 bits per heavy atom. The molecule has 0 aromatic heterocycles. The van der Waals surface area contributed by atoms with E-state index in [4.69, 9.17) is 4.74 Å². The standard InChI is InChI=1S/C11H23N3O2/c1-11(2,3)16-10(15)14-8-9-4-5-12-6-7-13-9/h9,12-13H,4-8H2,1-3H3,(H,14,15). The lowest BCUT2D eigenvalue weighted by atomic mass is 10.2. The zero-order valence-electron chi connectivity index (χ0n) is 10.4. The van der Waals surface area contributed by atoms with Crippen molar-refractivity contribution in [2.45, 2.75) is 38.8 Å². The molecule has 1 fully saturated rings. The van der Waals surface area contributed by atoms with Crippen molar-refractivity contribution in [1.82, 2.24) is 16.0 Å². The quantitative estimate of drug-likeness (QED) is 0.644. The van der Waals surface area contributed by atoms with Gasteiger partial charge in [-0.1, -0.05) is 0 Å². The number of alkyl carbamates (subject to hydrolysis) is 1. The van der Waals surface area contributed by atoms with E-state index in [-0.39, 0.29) is 6.09 Å². The predicted molar refractivity (Wildman–Crippen MR) is 63.5 cm³/mol. The Bertz CT molecular complexity index is 218. The predicted octanol–water partition coefficient (Wildman–Crippen LogP) is 0.463. The molecule has 0 aromatic rings. The Labute approximate surface area is 97.3 Å². The molecule has 0 bridgehead atoms. The molecule has 16 heavy (non-hydrogen) atoms. The van der Waals surface area contributed by atoms with Crippen molar-refractivity contribution in [3.63, 3.8) is 0 Å². The van der Waals surface area contributed by atoms with Crippen LogP contribution in [0.2, 0.25) is 0 Å². The fourth-order valence-electron chi connectivity index (χ4n) is 1.56. The first kappa shape index (κ1) is 13.3. The lowest BCUT2D eigenvalue weighted by Crippen LogP contribution is -2.42. The van der Waals surface area contributed by atoms with E-state index in [0.717, 1.165) is 26.1 Å². The average Bonchev–Trinajstić information content (AvgIpc) is 2.39. The summed E-state index contributed by atoms with van der Waals surface area (Å²) in [7, 11) is 0. The SMILES string of the molecule is CC(C)(C)OC(=O)NCC1CCNCCN1. The third kappa shape index (κ3) is 5.92. The highest BCUT2D eigenvalue weighted by molar-refractivity contribution is 5.67. The Hall–Kier alpha value is -0.810. The van der Waals surface area contributed by atoms with E-state index in [2.05, 4.69) is 16.0 Å². The number of carbonyl (C=O) groups excluding carboxylic acids is 1. The average molecular weight is 229 g/mol. The summed E-state index contributed by atoms with van der Waals surface area (Å²) in [6.45, 7) is 9.13. The fourth-order valence-corrected chi connectivity index (χ4v) is 1.56. The van der Waals surface area contributed by atoms with Crippen LogP contribution in [0.15, 0.2) is 0 Å². The topological polar surface area (TPSA) is 62.4 Å². The summed E-state index contributed by atoms with van der Waals surface area (Å²) in [6.07, 6.45) is 0.682. The number of nitrogens with one attached hydrogen (secondary N) is 3. The van der Waals surface area contributed by atoms with Crippen LogP contribution in [0.5, 0.6) is 0 Å². The van der Waals surface area contributed by atoms with Crippen LogP contribution in [-0.4, -0.2) is 43.9 Å². The minimum absolute atomic E-state index is 0.336. The van der Waals surface area contributed by atoms with Crippen molar-refractivity contribution in [2.24, 2.45) is 0 Å². The van der Waals surface area contributed by atoms with Gasteiger partial charge in [-0.2, -0.15) is 0 Å². The van der Waals surface area contributed by atoms with E-state index in [1.54, 1.807) is 0 Å². The maximum Gasteiger partial charge on any atom is 0.407 e. The van der Waals surface area contributed by atoms with Gasteiger partial charge >= 0.3 is 6.09 Å². The van der Waals surface area contributed by atoms with Gasteiger partial charge in [0, 0.05) is 25.7 Å². The number of hydrogen-bond acceptors (Lipinski definition) is 4. The van der Waals surface area contributed by atoms with Gasteiger partial charge in [-0.3, -0.25) is 0 Å². The van der Waals surface area contributed by atoms with E-state index in [0.29, 0.717) is 12.6 Å². The van der Waals surface area contributed by atoms with Crippen LogP contribution in [0.3, 0.4) is 0 Å². The monoisotopic (exact) mass is 229 g/mol. The minimum Gasteiger partial charge on any atom is -0.444 e. The molecule has 1 unspecified atom stereocenters. The van der Waals surface area contributed by atoms with Crippen molar-refractivity contribution in [1.29, 1.82) is 0 Å². The number of hydrogen-bond donors (Lipinski definition) is 3.